The number of para-hydroxylation sites is 2. The Hall–Kier alpha value is -4.11. The van der Waals surface area contributed by atoms with Gasteiger partial charge in [0.15, 0.2) is 11.6 Å². The van der Waals surface area contributed by atoms with Crippen molar-refractivity contribution in [2.75, 3.05) is 16.0 Å². The molecule has 0 radical (unpaired) electrons. The van der Waals surface area contributed by atoms with E-state index in [1.54, 1.807) is 36.4 Å². The van der Waals surface area contributed by atoms with Crippen molar-refractivity contribution in [2.24, 2.45) is 0 Å². The Kier molecular flexibility index (Phi) is 6.93. The number of benzene rings is 2. The highest BCUT2D eigenvalue weighted by Crippen LogP contribution is 2.34. The summed E-state index contributed by atoms with van der Waals surface area (Å²) in [5, 5.41) is 11.2. The molecular formula is C24H21ClFN5O3. The number of hydrogen-bond donors (Lipinski definition) is 4. The normalized spacial score (nSPS) is 12.4. The number of carbonyl (C=O) groups excluding carboxylic acids is 2. The van der Waals surface area contributed by atoms with Crippen LogP contribution >= 0.6 is 11.6 Å². The van der Waals surface area contributed by atoms with Crippen molar-refractivity contribution in [2.45, 2.75) is 18.9 Å². The molecule has 0 bridgehead atoms. The van der Waals surface area contributed by atoms with Gasteiger partial charge in [-0.3, -0.25) is 4.79 Å². The Morgan fingerprint density at radius 2 is 1.85 bits per heavy atom. The molecule has 3 amide bonds. The van der Waals surface area contributed by atoms with Crippen LogP contribution in [-0.4, -0.2) is 23.0 Å². The molecule has 10 heteroatoms. The maximum absolute atomic E-state index is 14.7. The number of anilines is 4. The van der Waals surface area contributed by atoms with Gasteiger partial charge in [0.1, 0.15) is 11.6 Å². The van der Waals surface area contributed by atoms with Gasteiger partial charge in [-0.25, -0.2) is 14.2 Å². The minimum absolute atomic E-state index is 0.117. The van der Waals surface area contributed by atoms with Crippen LogP contribution < -0.4 is 26.0 Å². The third-order valence-corrected chi connectivity index (χ3v) is 5.09. The fraction of sp³-hybridized carbons (Fsp3) is 0.125. The van der Waals surface area contributed by atoms with Gasteiger partial charge in [0.05, 0.1) is 22.1 Å². The molecule has 1 aliphatic rings. The van der Waals surface area contributed by atoms with Crippen molar-refractivity contribution in [1.82, 2.24) is 10.3 Å². The number of aromatic nitrogens is 1. The van der Waals surface area contributed by atoms with E-state index < -0.39 is 11.8 Å². The summed E-state index contributed by atoms with van der Waals surface area (Å²) in [5.41, 5.74) is 1.27. The third-order valence-electron chi connectivity index (χ3n) is 4.77. The highest BCUT2D eigenvalue weighted by molar-refractivity contribution is 6.33. The van der Waals surface area contributed by atoms with Gasteiger partial charge in [-0.1, -0.05) is 30.3 Å². The van der Waals surface area contributed by atoms with Crippen LogP contribution in [0.15, 0.2) is 67.4 Å². The molecule has 1 aromatic heterocycles. The lowest BCUT2D eigenvalue weighted by atomic mass is 10.2. The number of nitrogens with one attached hydrogen (secondary N) is 4. The predicted octanol–water partition coefficient (Wildman–Crippen LogP) is 5.82. The van der Waals surface area contributed by atoms with E-state index >= 15 is 0 Å². The maximum Gasteiger partial charge on any atom is 0.319 e. The van der Waals surface area contributed by atoms with Crippen molar-refractivity contribution >= 4 is 46.4 Å². The number of urea groups is 1. The van der Waals surface area contributed by atoms with E-state index in [1.807, 2.05) is 0 Å². The van der Waals surface area contributed by atoms with Crippen LogP contribution in [0.1, 0.15) is 12.8 Å². The summed E-state index contributed by atoms with van der Waals surface area (Å²) in [6.45, 7) is 3.44. The number of rotatable bonds is 8. The van der Waals surface area contributed by atoms with Gasteiger partial charge in [-0.05, 0) is 37.1 Å². The third kappa shape index (κ3) is 6.02. The van der Waals surface area contributed by atoms with Gasteiger partial charge in [-0.15, -0.1) is 0 Å². The molecule has 3 aromatic rings. The molecule has 1 aliphatic carbocycles. The first-order chi connectivity index (χ1) is 16.4. The number of hydrogen-bond acceptors (Lipinski definition) is 5. The summed E-state index contributed by atoms with van der Waals surface area (Å²) >= 11 is 6.22. The Morgan fingerprint density at radius 3 is 2.59 bits per heavy atom. The number of ether oxygens (including phenoxy) is 1. The van der Waals surface area contributed by atoms with Gasteiger partial charge in [0.25, 0.3) is 0 Å². The summed E-state index contributed by atoms with van der Waals surface area (Å²) in [5.74, 6) is -0.468. The van der Waals surface area contributed by atoms with Crippen LogP contribution in [0.5, 0.6) is 11.5 Å². The van der Waals surface area contributed by atoms with Crippen molar-refractivity contribution in [1.29, 1.82) is 0 Å². The largest absolute Gasteiger partial charge is 0.454 e. The quantitative estimate of drug-likeness (QED) is 0.303. The molecule has 0 aliphatic heterocycles. The van der Waals surface area contributed by atoms with E-state index in [2.05, 4.69) is 32.8 Å². The molecule has 1 heterocycles. The minimum Gasteiger partial charge on any atom is -0.454 e. The van der Waals surface area contributed by atoms with E-state index in [-0.39, 0.29) is 28.4 Å². The average Bonchev–Trinajstić information content (AvgIpc) is 3.62. The first-order valence-corrected chi connectivity index (χ1v) is 10.8. The average molecular weight is 482 g/mol. The fourth-order valence-electron chi connectivity index (χ4n) is 2.97. The van der Waals surface area contributed by atoms with Crippen molar-refractivity contribution in [3.8, 4) is 11.5 Å². The molecule has 34 heavy (non-hydrogen) atoms. The molecule has 0 saturated heterocycles. The minimum atomic E-state index is -0.699. The van der Waals surface area contributed by atoms with Crippen LogP contribution in [0.2, 0.25) is 5.02 Å². The van der Waals surface area contributed by atoms with E-state index in [0.717, 1.165) is 18.9 Å². The summed E-state index contributed by atoms with van der Waals surface area (Å²) in [6, 6.07) is 12.3. The van der Waals surface area contributed by atoms with Gasteiger partial charge in [0.2, 0.25) is 5.91 Å². The molecular weight excluding hydrogens is 461 g/mol. The molecule has 8 nitrogen and oxygen atoms in total. The highest BCUT2D eigenvalue weighted by Gasteiger charge is 2.23. The standard InChI is InChI=1S/C24H21ClFN5O3/c1-2-23(32)30-19-6-4-3-5-18(19)29-22-11-15(9-10-27-22)34-21-12-16(25)20(13-17(21)26)31-24(33)28-14-7-8-14/h2-6,9-14H,1,7-8H2,(H,27,29)(H,30,32)(H2,28,31,33). The molecule has 1 fully saturated rings. The van der Waals surface area contributed by atoms with Crippen molar-refractivity contribution in [3.05, 3.63) is 78.2 Å². The molecule has 4 rings (SSSR count). The van der Waals surface area contributed by atoms with Gasteiger partial charge in [0, 0.05) is 30.4 Å². The lowest BCUT2D eigenvalue weighted by molar-refractivity contribution is -0.111. The second-order valence-electron chi connectivity index (χ2n) is 7.48. The Morgan fingerprint density at radius 1 is 1.09 bits per heavy atom. The van der Waals surface area contributed by atoms with Crippen LogP contribution in [0, 0.1) is 5.82 Å². The molecule has 0 atom stereocenters. The first kappa shape index (κ1) is 23.1. The van der Waals surface area contributed by atoms with E-state index in [4.69, 9.17) is 16.3 Å². The van der Waals surface area contributed by atoms with Crippen molar-refractivity contribution in [3.63, 3.8) is 0 Å². The first-order valence-electron chi connectivity index (χ1n) is 10.4. The fourth-order valence-corrected chi connectivity index (χ4v) is 3.17. The highest BCUT2D eigenvalue weighted by atomic mass is 35.5. The van der Waals surface area contributed by atoms with E-state index in [0.29, 0.717) is 22.9 Å². The molecule has 0 unspecified atom stereocenters. The molecule has 4 N–H and O–H groups in total. The SMILES string of the molecule is C=CC(=O)Nc1ccccc1Nc1cc(Oc2cc(Cl)c(NC(=O)NC3CC3)cc2F)ccn1. The summed E-state index contributed by atoms with van der Waals surface area (Å²) in [6.07, 6.45) is 4.52. The maximum atomic E-state index is 14.7. The number of halogens is 2. The van der Waals surface area contributed by atoms with E-state index in [9.17, 15) is 14.0 Å². The second-order valence-corrected chi connectivity index (χ2v) is 7.89. The van der Waals surface area contributed by atoms with Crippen LogP contribution in [0.4, 0.5) is 32.1 Å². The number of amides is 3. The van der Waals surface area contributed by atoms with Crippen molar-refractivity contribution < 1.29 is 18.7 Å². The lowest BCUT2D eigenvalue weighted by Crippen LogP contribution is -2.30. The Labute approximate surface area is 200 Å². The van der Waals surface area contributed by atoms with Crippen LogP contribution in [0.3, 0.4) is 0 Å². The molecule has 0 spiro atoms. The Balaban J connectivity index is 1.47. The molecule has 2 aromatic carbocycles. The van der Waals surface area contributed by atoms with E-state index in [1.165, 1.54) is 18.3 Å². The zero-order chi connectivity index (χ0) is 24.1. The summed E-state index contributed by atoms with van der Waals surface area (Å²) < 4.78 is 20.3. The lowest BCUT2D eigenvalue weighted by Gasteiger charge is -2.14. The number of carbonyl (C=O) groups is 2. The number of pyridine rings is 1. The summed E-state index contributed by atoms with van der Waals surface area (Å²) in [7, 11) is 0. The molecule has 1 saturated carbocycles. The number of nitrogens with zero attached hydrogens (tertiary/aromatic N) is 1. The Bertz CT molecular complexity index is 1250. The van der Waals surface area contributed by atoms with Gasteiger partial charge in [-0.2, -0.15) is 0 Å². The van der Waals surface area contributed by atoms with Gasteiger partial charge >= 0.3 is 6.03 Å². The summed E-state index contributed by atoms with van der Waals surface area (Å²) in [4.78, 5) is 27.8. The zero-order valence-electron chi connectivity index (χ0n) is 17.9. The predicted molar refractivity (Wildman–Crippen MR) is 129 cm³/mol. The van der Waals surface area contributed by atoms with Gasteiger partial charge < -0.3 is 26.0 Å². The zero-order valence-corrected chi connectivity index (χ0v) is 18.7. The van der Waals surface area contributed by atoms with Crippen LogP contribution in [0.25, 0.3) is 0 Å². The monoisotopic (exact) mass is 481 g/mol. The smallest absolute Gasteiger partial charge is 0.319 e. The van der Waals surface area contributed by atoms with Crippen LogP contribution in [-0.2, 0) is 4.79 Å². The topological polar surface area (TPSA) is 104 Å². The molecule has 174 valence electrons. The second kappa shape index (κ2) is 10.2.